The van der Waals surface area contributed by atoms with Crippen LogP contribution in [-0.2, 0) is 10.8 Å². The van der Waals surface area contributed by atoms with E-state index >= 15 is 0 Å². The van der Waals surface area contributed by atoms with Crippen LogP contribution in [-0.4, -0.2) is 0 Å². The Bertz CT molecular complexity index is 5660. The Morgan fingerprint density at radius 3 is 0.674 bits per heavy atom. The molecule has 17 rings (SSSR count). The predicted octanol–water partition coefficient (Wildman–Crippen LogP) is 40.6. The zero-order valence-electron chi connectivity index (χ0n) is 77.8. The van der Waals surface area contributed by atoms with Crippen molar-refractivity contribution in [3.8, 4) is 66.8 Å². The van der Waals surface area contributed by atoms with Crippen molar-refractivity contribution in [3.05, 3.63) is 403 Å². The van der Waals surface area contributed by atoms with Gasteiger partial charge in [0.05, 0.1) is 0 Å². The summed E-state index contributed by atoms with van der Waals surface area (Å²) in [7, 11) is 0. The fraction of sp³-hybridized carbons (Fsp3) is 0.274. The van der Waals surface area contributed by atoms with Gasteiger partial charge in [-0.25, -0.2) is 0 Å². The van der Waals surface area contributed by atoms with E-state index in [0.717, 1.165) is 70.3 Å². The lowest BCUT2D eigenvalue weighted by atomic mass is 9.70. The first kappa shape index (κ1) is 96.3. The van der Waals surface area contributed by atoms with Crippen LogP contribution in [0.3, 0.4) is 0 Å². The van der Waals surface area contributed by atoms with Crippen LogP contribution in [0, 0.1) is 3.57 Å². The summed E-state index contributed by atoms with van der Waals surface area (Å²) in [5, 5.41) is 7.12. The van der Waals surface area contributed by atoms with Gasteiger partial charge in [-0.2, -0.15) is 0 Å². The summed E-state index contributed by atoms with van der Waals surface area (Å²) in [5.74, 6) is 0. The number of nitrogens with one attached hydrogen (secondary N) is 2. The molecule has 2 aliphatic rings. The Balaban J connectivity index is 0.000000190. The maximum atomic E-state index is 3.65. The Kier molecular flexibility index (Phi) is 35.8. The SMILES string of the molecule is Brc1ccc(I)cc1.CCCCCCCCC1(CCCCCCCC)c2cc(-c3ccc(N(c4ccccc4)c4ccc(Br)cc4)cc3)ccc2-c2ccc(-c3ccc(N(c4ccccc4)c4ccc(Br)cc4)cc3)cc21.CCCCCCCCC1(CCCCCCCC)c2cc(-c3ccc(Nc4ccccc4)cc3)ccc2-c2ccc(-c3ccc(Nc4ccccc4)cc3)cc21. The molecule has 2 N–H and O–H groups in total. The molecule has 4 nitrogen and oxygen atoms in total. The van der Waals surface area contributed by atoms with Crippen LogP contribution in [0.25, 0.3) is 66.8 Å². The minimum atomic E-state index is -0.0521. The van der Waals surface area contributed by atoms with Gasteiger partial charge in [-0.1, -0.05) is 399 Å². The third-order valence-electron chi connectivity index (χ3n) is 27.0. The first-order chi connectivity index (χ1) is 64.9. The molecule has 0 saturated heterocycles. The van der Waals surface area contributed by atoms with Crippen molar-refractivity contribution >= 4 is 127 Å². The summed E-state index contributed by atoms with van der Waals surface area (Å²) in [6.07, 6.45) is 36.2. The molecule has 132 heavy (non-hydrogen) atoms. The first-order valence-corrected chi connectivity index (χ1v) is 52.6. The van der Waals surface area contributed by atoms with Gasteiger partial charge in [-0.05, 0) is 331 Å². The van der Waals surface area contributed by atoms with Crippen LogP contribution in [0.15, 0.2) is 377 Å². The van der Waals surface area contributed by atoms with Crippen molar-refractivity contribution in [1.29, 1.82) is 0 Å². The molecule has 0 amide bonds. The minimum absolute atomic E-state index is 0.00973. The largest absolute Gasteiger partial charge is 0.356 e. The van der Waals surface area contributed by atoms with Gasteiger partial charge < -0.3 is 20.4 Å². The molecule has 0 fully saturated rings. The van der Waals surface area contributed by atoms with Gasteiger partial charge in [0.1, 0.15) is 0 Å². The average molecular weight is 2040 g/mol. The molecule has 15 aromatic carbocycles. The van der Waals surface area contributed by atoms with Crippen LogP contribution in [0.5, 0.6) is 0 Å². The van der Waals surface area contributed by atoms with Crippen molar-refractivity contribution in [2.24, 2.45) is 0 Å². The fourth-order valence-corrected chi connectivity index (χ4v) is 21.1. The number of fused-ring (bicyclic) bond motifs is 6. The number of hydrogen-bond acceptors (Lipinski definition) is 4. The Labute approximate surface area is 828 Å². The predicted molar refractivity (Wildman–Crippen MR) is 590 cm³/mol. The number of nitrogens with zero attached hydrogens (tertiary/aromatic N) is 2. The van der Waals surface area contributed by atoms with E-state index in [-0.39, 0.29) is 10.8 Å². The number of rotatable bonds is 42. The number of benzene rings is 15. The van der Waals surface area contributed by atoms with E-state index in [4.69, 9.17) is 0 Å². The summed E-state index contributed by atoms with van der Waals surface area (Å²) in [4.78, 5) is 4.68. The number of unbranched alkanes of at least 4 members (excludes halogenated alkanes) is 20. The van der Waals surface area contributed by atoms with E-state index in [9.17, 15) is 0 Å². The molecular weight excluding hydrogens is 1910 g/mol. The molecule has 0 spiro atoms. The molecule has 2 aliphatic carbocycles. The van der Waals surface area contributed by atoms with Crippen molar-refractivity contribution in [2.75, 3.05) is 20.4 Å². The van der Waals surface area contributed by atoms with Crippen molar-refractivity contribution in [2.45, 2.75) is 218 Å². The van der Waals surface area contributed by atoms with Crippen LogP contribution in [0.2, 0.25) is 0 Å². The molecule has 0 radical (unpaired) electrons. The maximum Gasteiger partial charge on any atom is 0.0462 e. The van der Waals surface area contributed by atoms with Crippen LogP contribution >= 0.6 is 70.4 Å². The number of hydrogen-bond donors (Lipinski definition) is 2. The molecule has 0 saturated carbocycles. The number of para-hydroxylation sites is 4. The van der Waals surface area contributed by atoms with Gasteiger partial charge in [0.15, 0.2) is 0 Å². The molecule has 15 aromatic rings. The molecule has 674 valence electrons. The van der Waals surface area contributed by atoms with Crippen LogP contribution < -0.4 is 20.4 Å². The van der Waals surface area contributed by atoms with E-state index in [1.165, 1.54) is 261 Å². The van der Waals surface area contributed by atoms with Crippen molar-refractivity contribution in [1.82, 2.24) is 0 Å². The second-order valence-electron chi connectivity index (χ2n) is 36.2. The lowest BCUT2D eigenvalue weighted by Gasteiger charge is -2.33. The summed E-state index contributed by atoms with van der Waals surface area (Å²) in [6, 6.07) is 134. The van der Waals surface area contributed by atoms with E-state index in [1.807, 2.05) is 12.1 Å². The highest BCUT2D eigenvalue weighted by molar-refractivity contribution is 14.1. The number of halogens is 4. The topological polar surface area (TPSA) is 30.5 Å². The van der Waals surface area contributed by atoms with Crippen LogP contribution in [0.4, 0.5) is 56.9 Å². The van der Waals surface area contributed by atoms with Gasteiger partial charge in [-0.3, -0.25) is 0 Å². The molecule has 0 heterocycles. The fourth-order valence-electron chi connectivity index (χ4n) is 20.0. The molecular formula is C124H130Br3IN4. The standard InChI is InChI=1S/C65H66Br2N2.C53H60N2.C6H4BrI/c1-3-5-7-9-11-19-45-65(46-20-12-10-8-6-4-2)63-47-51(49-25-35-57(36-26-49)68(55-21-15-13-16-22-55)59-39-31-53(66)32-40-59)29-43-61(63)62-44-30-52(48-64(62)65)50-27-37-58(38-28-50)69(56-23-17-14-18-24-56)60-41-33-54(67)34-42-60;1-3-5-7-9-11-19-37-53(38-20-12-10-8-6-4-2)51-39-43(41-25-31-47(32-26-41)54-45-21-15-13-16-22-45)29-35-49(51)50-36-30-44(40-52(50)53)42-27-33-48(34-28-42)55-46-23-17-14-18-24-46;7-5-1-3-6(8)4-2-5/h13-18,21-44,47-48H,3-12,19-20,45-46H2,1-2H3;13-18,21-36,39-40,54-55H,3-12,19-20,37-38H2,1-2H3;1-4H. The Morgan fingerprint density at radius 1 is 0.212 bits per heavy atom. The highest BCUT2D eigenvalue weighted by Gasteiger charge is 2.45. The second kappa shape index (κ2) is 49.1. The minimum Gasteiger partial charge on any atom is -0.356 e. The summed E-state index contributed by atoms with van der Waals surface area (Å²) < 4.78 is 4.56. The number of anilines is 10. The summed E-state index contributed by atoms with van der Waals surface area (Å²) >= 11 is 12.9. The molecule has 0 atom stereocenters. The van der Waals surface area contributed by atoms with E-state index in [0.29, 0.717) is 0 Å². The quantitative estimate of drug-likeness (QED) is 0.0295. The van der Waals surface area contributed by atoms with Gasteiger partial charge in [0.2, 0.25) is 0 Å². The van der Waals surface area contributed by atoms with Crippen molar-refractivity contribution < 1.29 is 0 Å². The molecule has 8 heteroatoms. The van der Waals surface area contributed by atoms with E-state index < -0.39 is 0 Å². The molecule has 0 unspecified atom stereocenters. The van der Waals surface area contributed by atoms with Gasteiger partial charge >= 0.3 is 0 Å². The van der Waals surface area contributed by atoms with Crippen LogP contribution in [0.1, 0.15) is 230 Å². The Hall–Kier alpha value is -10.3. The highest BCUT2D eigenvalue weighted by atomic mass is 127. The molecule has 0 aromatic heterocycles. The highest BCUT2D eigenvalue weighted by Crippen LogP contribution is 2.59. The molecule has 0 bridgehead atoms. The zero-order chi connectivity index (χ0) is 91.1. The maximum absolute atomic E-state index is 3.65. The summed E-state index contributed by atoms with van der Waals surface area (Å²) in [5.41, 5.74) is 33.4. The third-order valence-corrected chi connectivity index (χ3v) is 29.3. The van der Waals surface area contributed by atoms with E-state index in [2.05, 4.69) is 470 Å². The van der Waals surface area contributed by atoms with Gasteiger partial charge in [-0.15, -0.1) is 0 Å². The monoisotopic (exact) mass is 2040 g/mol. The zero-order valence-corrected chi connectivity index (χ0v) is 84.8. The average Bonchev–Trinajstić information content (AvgIpc) is 1.56. The van der Waals surface area contributed by atoms with Crippen molar-refractivity contribution in [3.63, 3.8) is 0 Å². The van der Waals surface area contributed by atoms with E-state index in [1.54, 1.807) is 11.1 Å². The first-order valence-electron chi connectivity index (χ1n) is 49.2. The lowest BCUT2D eigenvalue weighted by molar-refractivity contribution is 0.398. The Morgan fingerprint density at radius 2 is 0.417 bits per heavy atom. The normalized spacial score (nSPS) is 12.3. The summed E-state index contributed by atoms with van der Waals surface area (Å²) in [6.45, 7) is 9.28. The molecule has 0 aliphatic heterocycles. The lowest BCUT2D eigenvalue weighted by Crippen LogP contribution is -2.25. The van der Waals surface area contributed by atoms with Gasteiger partial charge in [0.25, 0.3) is 0 Å². The second-order valence-corrected chi connectivity index (χ2v) is 40.2. The van der Waals surface area contributed by atoms with Gasteiger partial charge in [0, 0.05) is 84.7 Å². The smallest absolute Gasteiger partial charge is 0.0462 e. The third kappa shape index (κ3) is 25.0.